The molecule has 2 aromatic heterocycles. The van der Waals surface area contributed by atoms with Crippen molar-refractivity contribution < 1.29 is 18.7 Å². The molecule has 4 aromatic rings. The first kappa shape index (κ1) is 24.1. The number of esters is 1. The number of anilines is 1. The fourth-order valence-electron chi connectivity index (χ4n) is 3.55. The van der Waals surface area contributed by atoms with Crippen LogP contribution in [0.1, 0.15) is 22.5 Å². The molecule has 9 nitrogen and oxygen atoms in total. The van der Waals surface area contributed by atoms with E-state index in [0.29, 0.717) is 22.6 Å². The molecule has 0 atom stereocenters. The van der Waals surface area contributed by atoms with Gasteiger partial charge >= 0.3 is 5.97 Å². The molecule has 0 aliphatic carbocycles. The van der Waals surface area contributed by atoms with Gasteiger partial charge in [0.1, 0.15) is 17.4 Å². The number of aryl methyl sites for hydroxylation is 1. The van der Waals surface area contributed by atoms with Crippen LogP contribution in [0.25, 0.3) is 17.5 Å². The number of rotatable bonds is 7. The summed E-state index contributed by atoms with van der Waals surface area (Å²) in [4.78, 5) is 24.7. The molecule has 2 aromatic carbocycles. The molecule has 1 amide bonds. The van der Waals surface area contributed by atoms with Crippen molar-refractivity contribution >= 4 is 23.8 Å². The smallest absolute Gasteiger partial charge is 0.331 e. The van der Waals surface area contributed by atoms with E-state index in [4.69, 9.17) is 4.74 Å². The lowest BCUT2D eigenvalue weighted by molar-refractivity contribution is -0.142. The Morgan fingerprint density at radius 2 is 1.78 bits per heavy atom. The fraction of sp³-hybridized carbons (Fsp3) is 0.115. The normalized spacial score (nSPS) is 10.8. The number of nitrogens with one attached hydrogen (secondary N) is 1. The number of para-hydroxylation sites is 1. The van der Waals surface area contributed by atoms with Crippen molar-refractivity contribution in [3.8, 4) is 17.4 Å². The highest BCUT2D eigenvalue weighted by Gasteiger charge is 2.16. The number of aromatic nitrogens is 4. The van der Waals surface area contributed by atoms with Gasteiger partial charge in [-0.05, 0) is 56.3 Å². The van der Waals surface area contributed by atoms with Crippen molar-refractivity contribution in [3.05, 3.63) is 95.2 Å². The summed E-state index contributed by atoms with van der Waals surface area (Å²) in [5.41, 5.74) is 3.62. The average molecular weight is 484 g/mol. The van der Waals surface area contributed by atoms with Crippen molar-refractivity contribution in [1.82, 2.24) is 19.6 Å². The van der Waals surface area contributed by atoms with Gasteiger partial charge in [-0.1, -0.05) is 18.2 Å². The number of benzene rings is 2. The Bertz CT molecular complexity index is 1480. The molecular formula is C26H21FN6O3. The summed E-state index contributed by atoms with van der Waals surface area (Å²) < 4.78 is 21.4. The van der Waals surface area contributed by atoms with Gasteiger partial charge in [0.2, 0.25) is 0 Å². The highest BCUT2D eigenvalue weighted by atomic mass is 19.1. The van der Waals surface area contributed by atoms with Gasteiger partial charge in [0.05, 0.1) is 23.3 Å². The minimum atomic E-state index is -0.726. The van der Waals surface area contributed by atoms with E-state index >= 15 is 0 Å². The Labute approximate surface area is 206 Å². The lowest BCUT2D eigenvalue weighted by Gasteiger charge is -2.09. The molecule has 4 rings (SSSR count). The van der Waals surface area contributed by atoms with Crippen molar-refractivity contribution in [3.63, 3.8) is 0 Å². The van der Waals surface area contributed by atoms with Crippen LogP contribution >= 0.6 is 0 Å². The highest BCUT2D eigenvalue weighted by Crippen LogP contribution is 2.21. The summed E-state index contributed by atoms with van der Waals surface area (Å²) in [6.45, 7) is 3.05. The summed E-state index contributed by atoms with van der Waals surface area (Å²) in [5, 5.41) is 20.5. The number of amides is 1. The van der Waals surface area contributed by atoms with E-state index in [9.17, 15) is 19.2 Å². The topological polar surface area (TPSA) is 115 Å². The molecule has 36 heavy (non-hydrogen) atoms. The minimum absolute atomic E-state index is 0.169. The molecule has 0 saturated heterocycles. The number of hydrogen-bond acceptors (Lipinski definition) is 6. The summed E-state index contributed by atoms with van der Waals surface area (Å²) in [5.74, 6) is -1.52. The number of nitriles is 1. The molecule has 0 radical (unpaired) electrons. The second kappa shape index (κ2) is 10.5. The van der Waals surface area contributed by atoms with Crippen LogP contribution in [0.15, 0.2) is 66.9 Å². The highest BCUT2D eigenvalue weighted by molar-refractivity contribution is 5.95. The van der Waals surface area contributed by atoms with Crippen LogP contribution in [0.2, 0.25) is 0 Å². The average Bonchev–Trinajstić information content (AvgIpc) is 3.42. The number of nitrogens with zero attached hydrogens (tertiary/aromatic N) is 5. The van der Waals surface area contributed by atoms with E-state index < -0.39 is 18.5 Å². The van der Waals surface area contributed by atoms with Gasteiger partial charge in [-0.2, -0.15) is 15.5 Å². The van der Waals surface area contributed by atoms with E-state index in [1.54, 1.807) is 54.1 Å². The van der Waals surface area contributed by atoms with Gasteiger partial charge in [-0.15, -0.1) is 0 Å². The Balaban J connectivity index is 1.40. The maximum atomic E-state index is 13.2. The van der Waals surface area contributed by atoms with Gasteiger partial charge < -0.3 is 10.1 Å². The van der Waals surface area contributed by atoms with E-state index in [2.05, 4.69) is 15.5 Å². The molecule has 0 bridgehead atoms. The summed E-state index contributed by atoms with van der Waals surface area (Å²) in [6.07, 6.45) is 4.10. The van der Waals surface area contributed by atoms with Crippen molar-refractivity contribution in [1.29, 1.82) is 5.26 Å². The van der Waals surface area contributed by atoms with Crippen LogP contribution in [0.5, 0.6) is 0 Å². The first-order chi connectivity index (χ1) is 17.4. The molecule has 180 valence electrons. The lowest BCUT2D eigenvalue weighted by Crippen LogP contribution is -2.22. The molecule has 2 heterocycles. The van der Waals surface area contributed by atoms with Crippen LogP contribution in [0.4, 0.5) is 10.2 Å². The molecule has 0 aliphatic heterocycles. The molecule has 0 aliphatic rings. The third kappa shape index (κ3) is 5.20. The van der Waals surface area contributed by atoms with Gasteiger partial charge in [0, 0.05) is 17.3 Å². The van der Waals surface area contributed by atoms with Crippen LogP contribution < -0.4 is 5.32 Å². The summed E-state index contributed by atoms with van der Waals surface area (Å²) in [7, 11) is 0. The standard InChI is InChI=1S/C26H21FN6O3/c1-17-23(18(2)32(31-17)22-10-8-20(27)9-11-22)12-13-25(35)36-16-24(34)30-26-19(14-28)15-29-33(26)21-6-4-3-5-7-21/h3-13,15H,16H2,1-2H3,(H,30,34)/b13-12+. The SMILES string of the molecule is Cc1nn(-c2ccc(F)cc2)c(C)c1/C=C/C(=O)OCC(=O)Nc1c(C#N)cnn1-c1ccccc1. The predicted octanol–water partition coefficient (Wildman–Crippen LogP) is 3.88. The summed E-state index contributed by atoms with van der Waals surface area (Å²) >= 11 is 0. The second-order valence-corrected chi connectivity index (χ2v) is 7.73. The predicted molar refractivity (Wildman–Crippen MR) is 130 cm³/mol. The first-order valence-corrected chi connectivity index (χ1v) is 10.9. The Morgan fingerprint density at radius 3 is 2.47 bits per heavy atom. The van der Waals surface area contributed by atoms with Gasteiger partial charge in [0.15, 0.2) is 12.4 Å². The monoisotopic (exact) mass is 484 g/mol. The van der Waals surface area contributed by atoms with Gasteiger partial charge in [-0.3, -0.25) is 4.79 Å². The Morgan fingerprint density at radius 1 is 1.08 bits per heavy atom. The van der Waals surface area contributed by atoms with Crippen LogP contribution in [0.3, 0.4) is 0 Å². The first-order valence-electron chi connectivity index (χ1n) is 10.9. The zero-order chi connectivity index (χ0) is 25.7. The third-order valence-electron chi connectivity index (χ3n) is 5.30. The molecule has 0 unspecified atom stereocenters. The Hall–Kier alpha value is -5.04. The van der Waals surface area contributed by atoms with Crippen LogP contribution in [-0.2, 0) is 14.3 Å². The molecule has 10 heteroatoms. The number of halogens is 1. The number of carbonyl (C=O) groups excluding carboxylic acids is 2. The zero-order valence-corrected chi connectivity index (χ0v) is 19.5. The van der Waals surface area contributed by atoms with Crippen LogP contribution in [0, 0.1) is 31.0 Å². The molecular weight excluding hydrogens is 463 g/mol. The number of ether oxygens (including phenoxy) is 1. The van der Waals surface area contributed by atoms with Gasteiger partial charge in [0.25, 0.3) is 5.91 Å². The minimum Gasteiger partial charge on any atom is -0.452 e. The molecule has 1 N–H and O–H groups in total. The Kier molecular flexibility index (Phi) is 7.02. The fourth-order valence-corrected chi connectivity index (χ4v) is 3.55. The largest absolute Gasteiger partial charge is 0.452 e. The molecule has 0 spiro atoms. The van der Waals surface area contributed by atoms with Crippen molar-refractivity contribution in [2.75, 3.05) is 11.9 Å². The number of hydrogen-bond donors (Lipinski definition) is 1. The third-order valence-corrected chi connectivity index (χ3v) is 5.30. The zero-order valence-electron chi connectivity index (χ0n) is 19.5. The van der Waals surface area contributed by atoms with E-state index in [1.807, 2.05) is 19.1 Å². The van der Waals surface area contributed by atoms with Crippen LogP contribution in [-0.4, -0.2) is 38.0 Å². The van der Waals surface area contributed by atoms with Gasteiger partial charge in [-0.25, -0.2) is 18.5 Å². The number of carbonyl (C=O) groups is 2. The van der Waals surface area contributed by atoms with E-state index in [0.717, 1.165) is 5.69 Å². The quantitative estimate of drug-likeness (QED) is 0.315. The van der Waals surface area contributed by atoms with E-state index in [-0.39, 0.29) is 17.2 Å². The maximum Gasteiger partial charge on any atom is 0.331 e. The van der Waals surface area contributed by atoms with E-state index in [1.165, 1.54) is 29.1 Å². The second-order valence-electron chi connectivity index (χ2n) is 7.73. The molecule has 0 fully saturated rings. The molecule has 0 saturated carbocycles. The van der Waals surface area contributed by atoms with Crippen molar-refractivity contribution in [2.24, 2.45) is 0 Å². The lowest BCUT2D eigenvalue weighted by atomic mass is 10.2. The maximum absolute atomic E-state index is 13.2. The van der Waals surface area contributed by atoms with Crippen molar-refractivity contribution in [2.45, 2.75) is 13.8 Å². The summed E-state index contributed by atoms with van der Waals surface area (Å²) in [6, 6.07) is 16.9.